The monoisotopic (exact) mass is 322 g/mol. The second-order valence-electron chi connectivity index (χ2n) is 5.94. The van der Waals surface area contributed by atoms with Crippen molar-refractivity contribution in [1.29, 1.82) is 0 Å². The van der Waals surface area contributed by atoms with Crippen molar-refractivity contribution in [2.45, 2.75) is 26.8 Å². The molecular formula is C20H22N2O2. The normalized spacial score (nSPS) is 10.8. The summed E-state index contributed by atoms with van der Waals surface area (Å²) < 4.78 is 0. The summed E-state index contributed by atoms with van der Waals surface area (Å²) in [7, 11) is 0. The Morgan fingerprint density at radius 3 is 2.17 bits per heavy atom. The first kappa shape index (κ1) is 17.5. The molecular weight excluding hydrogens is 300 g/mol. The Morgan fingerprint density at radius 2 is 1.58 bits per heavy atom. The summed E-state index contributed by atoms with van der Waals surface area (Å²) >= 11 is 0. The molecule has 2 aromatic rings. The second kappa shape index (κ2) is 8.11. The molecule has 24 heavy (non-hydrogen) atoms. The van der Waals surface area contributed by atoms with Gasteiger partial charge in [-0.3, -0.25) is 9.59 Å². The number of hydrogen-bond acceptors (Lipinski definition) is 2. The smallest absolute Gasteiger partial charge is 0.251 e. The molecule has 0 aliphatic heterocycles. The van der Waals surface area contributed by atoms with Crippen LogP contribution in [-0.4, -0.2) is 17.9 Å². The maximum Gasteiger partial charge on any atom is 0.251 e. The molecule has 2 amide bonds. The van der Waals surface area contributed by atoms with Crippen LogP contribution in [-0.2, 0) is 4.79 Å². The first-order valence-corrected chi connectivity index (χ1v) is 7.91. The molecule has 0 unspecified atom stereocenters. The average molecular weight is 322 g/mol. The zero-order chi connectivity index (χ0) is 17.5. The van der Waals surface area contributed by atoms with Crippen molar-refractivity contribution in [3.63, 3.8) is 0 Å². The summed E-state index contributed by atoms with van der Waals surface area (Å²) in [6.45, 7) is 5.84. The van der Waals surface area contributed by atoms with E-state index in [-0.39, 0.29) is 17.9 Å². The van der Waals surface area contributed by atoms with Gasteiger partial charge in [-0.2, -0.15) is 0 Å². The molecule has 2 aromatic carbocycles. The minimum absolute atomic E-state index is 0.0868. The Morgan fingerprint density at radius 1 is 0.958 bits per heavy atom. The molecule has 0 aliphatic rings. The van der Waals surface area contributed by atoms with Gasteiger partial charge in [0.15, 0.2) is 0 Å². The van der Waals surface area contributed by atoms with E-state index >= 15 is 0 Å². The number of carbonyl (C=O) groups is 2. The van der Waals surface area contributed by atoms with Crippen LogP contribution in [0.3, 0.4) is 0 Å². The zero-order valence-corrected chi connectivity index (χ0v) is 14.2. The van der Waals surface area contributed by atoms with Crippen LogP contribution in [0.2, 0.25) is 0 Å². The molecule has 0 heterocycles. The van der Waals surface area contributed by atoms with Crippen molar-refractivity contribution in [2.75, 3.05) is 5.32 Å². The maximum atomic E-state index is 11.9. The summed E-state index contributed by atoms with van der Waals surface area (Å²) in [5.74, 6) is -0.336. The molecule has 0 aromatic heterocycles. The van der Waals surface area contributed by atoms with E-state index in [9.17, 15) is 9.59 Å². The molecule has 0 radical (unpaired) electrons. The van der Waals surface area contributed by atoms with Gasteiger partial charge >= 0.3 is 0 Å². The number of aryl methyl sites for hydroxylation is 1. The SMILES string of the molecule is Cc1ccc(/C=C/C(=O)Nc2ccc(C(=O)NC(C)C)cc2)cc1. The minimum atomic E-state index is -0.213. The van der Waals surface area contributed by atoms with Gasteiger partial charge in [0.25, 0.3) is 5.91 Å². The average Bonchev–Trinajstić information content (AvgIpc) is 2.54. The van der Waals surface area contributed by atoms with Gasteiger partial charge in [0.05, 0.1) is 0 Å². The third kappa shape index (κ3) is 5.39. The highest BCUT2D eigenvalue weighted by atomic mass is 16.2. The number of hydrogen-bond donors (Lipinski definition) is 2. The fourth-order valence-electron chi connectivity index (χ4n) is 2.08. The molecule has 2 rings (SSSR count). The van der Waals surface area contributed by atoms with E-state index in [0.29, 0.717) is 11.3 Å². The number of anilines is 1. The Hall–Kier alpha value is -2.88. The fourth-order valence-corrected chi connectivity index (χ4v) is 2.08. The molecule has 0 aliphatic carbocycles. The van der Waals surface area contributed by atoms with Crippen LogP contribution in [0.25, 0.3) is 6.08 Å². The first-order chi connectivity index (χ1) is 11.4. The lowest BCUT2D eigenvalue weighted by Crippen LogP contribution is -2.29. The Labute approximate surface area is 142 Å². The topological polar surface area (TPSA) is 58.2 Å². The van der Waals surface area contributed by atoms with Crippen molar-refractivity contribution in [1.82, 2.24) is 5.32 Å². The lowest BCUT2D eigenvalue weighted by atomic mass is 10.1. The second-order valence-corrected chi connectivity index (χ2v) is 5.94. The Bertz CT molecular complexity index is 729. The third-order valence-electron chi connectivity index (χ3n) is 3.34. The predicted molar refractivity (Wildman–Crippen MR) is 97.9 cm³/mol. The first-order valence-electron chi connectivity index (χ1n) is 7.91. The van der Waals surface area contributed by atoms with Crippen LogP contribution in [0.4, 0.5) is 5.69 Å². The molecule has 4 nitrogen and oxygen atoms in total. The third-order valence-corrected chi connectivity index (χ3v) is 3.34. The number of amides is 2. The zero-order valence-electron chi connectivity index (χ0n) is 14.2. The highest BCUT2D eigenvalue weighted by Gasteiger charge is 2.06. The van der Waals surface area contributed by atoms with Gasteiger partial charge in [0.1, 0.15) is 0 Å². The van der Waals surface area contributed by atoms with Crippen LogP contribution < -0.4 is 10.6 Å². The largest absolute Gasteiger partial charge is 0.350 e. The molecule has 0 saturated carbocycles. The summed E-state index contributed by atoms with van der Waals surface area (Å²) in [5.41, 5.74) is 3.36. The quantitative estimate of drug-likeness (QED) is 0.823. The molecule has 0 bridgehead atoms. The number of rotatable bonds is 5. The van der Waals surface area contributed by atoms with Gasteiger partial charge in [-0.1, -0.05) is 29.8 Å². The molecule has 0 atom stereocenters. The van der Waals surface area contributed by atoms with Crippen LogP contribution in [0.15, 0.2) is 54.6 Å². The number of carbonyl (C=O) groups excluding carboxylic acids is 2. The van der Waals surface area contributed by atoms with E-state index in [1.54, 1.807) is 30.3 Å². The number of nitrogens with one attached hydrogen (secondary N) is 2. The van der Waals surface area contributed by atoms with Gasteiger partial charge in [-0.05, 0) is 56.7 Å². The highest BCUT2D eigenvalue weighted by molar-refractivity contribution is 6.02. The van der Waals surface area contributed by atoms with E-state index < -0.39 is 0 Å². The molecule has 0 saturated heterocycles. The van der Waals surface area contributed by atoms with Gasteiger partial charge in [0.2, 0.25) is 5.91 Å². The van der Waals surface area contributed by atoms with E-state index in [4.69, 9.17) is 0 Å². The summed E-state index contributed by atoms with van der Waals surface area (Å²) in [6, 6.07) is 14.8. The summed E-state index contributed by atoms with van der Waals surface area (Å²) in [5, 5.41) is 5.60. The van der Waals surface area contributed by atoms with Gasteiger partial charge in [0, 0.05) is 23.4 Å². The standard InChI is InChI=1S/C20H22N2O2/c1-14(2)21-20(24)17-9-11-18(12-10-17)22-19(23)13-8-16-6-4-15(3)5-7-16/h4-14H,1-3H3,(H,21,24)(H,22,23)/b13-8+. The Kier molecular flexibility index (Phi) is 5.90. The maximum absolute atomic E-state index is 11.9. The van der Waals surface area contributed by atoms with Crippen molar-refractivity contribution in [3.05, 3.63) is 71.3 Å². The lowest BCUT2D eigenvalue weighted by Gasteiger charge is -2.09. The van der Waals surface area contributed by atoms with Crippen molar-refractivity contribution < 1.29 is 9.59 Å². The van der Waals surface area contributed by atoms with Crippen LogP contribution >= 0.6 is 0 Å². The summed E-state index contributed by atoms with van der Waals surface area (Å²) in [6.07, 6.45) is 3.25. The van der Waals surface area contributed by atoms with E-state index in [2.05, 4.69) is 10.6 Å². The van der Waals surface area contributed by atoms with E-state index in [1.165, 1.54) is 11.6 Å². The number of benzene rings is 2. The molecule has 0 fully saturated rings. The summed E-state index contributed by atoms with van der Waals surface area (Å²) in [4.78, 5) is 23.8. The van der Waals surface area contributed by atoms with Crippen LogP contribution in [0.1, 0.15) is 35.3 Å². The van der Waals surface area contributed by atoms with Crippen molar-refractivity contribution >= 4 is 23.6 Å². The molecule has 4 heteroatoms. The Balaban J connectivity index is 1.94. The highest BCUT2D eigenvalue weighted by Crippen LogP contribution is 2.10. The van der Waals surface area contributed by atoms with E-state index in [0.717, 1.165) is 5.56 Å². The van der Waals surface area contributed by atoms with Gasteiger partial charge in [-0.15, -0.1) is 0 Å². The van der Waals surface area contributed by atoms with Crippen LogP contribution in [0, 0.1) is 6.92 Å². The van der Waals surface area contributed by atoms with Gasteiger partial charge in [-0.25, -0.2) is 0 Å². The minimum Gasteiger partial charge on any atom is -0.350 e. The van der Waals surface area contributed by atoms with Gasteiger partial charge < -0.3 is 10.6 Å². The fraction of sp³-hybridized carbons (Fsp3) is 0.200. The van der Waals surface area contributed by atoms with Crippen molar-refractivity contribution in [3.8, 4) is 0 Å². The van der Waals surface area contributed by atoms with Crippen LogP contribution in [0.5, 0.6) is 0 Å². The molecule has 2 N–H and O–H groups in total. The van der Waals surface area contributed by atoms with E-state index in [1.807, 2.05) is 45.0 Å². The van der Waals surface area contributed by atoms with Crippen molar-refractivity contribution in [2.24, 2.45) is 0 Å². The molecule has 124 valence electrons. The predicted octanol–water partition coefficient (Wildman–Crippen LogP) is 3.79. The lowest BCUT2D eigenvalue weighted by molar-refractivity contribution is -0.111. The molecule has 0 spiro atoms.